The second kappa shape index (κ2) is 6.66. The summed E-state index contributed by atoms with van der Waals surface area (Å²) in [6.07, 6.45) is -5.08. The number of thiol groups is 1. The first kappa shape index (κ1) is 15.6. The van der Waals surface area contributed by atoms with E-state index in [0.717, 1.165) is 0 Å². The van der Waals surface area contributed by atoms with Crippen molar-refractivity contribution in [3.05, 3.63) is 0 Å². The summed E-state index contributed by atoms with van der Waals surface area (Å²) in [5.74, 6) is -0.708. The maximum Gasteiger partial charge on any atom is 0.326 e. The van der Waals surface area contributed by atoms with Crippen molar-refractivity contribution in [3.8, 4) is 0 Å². The van der Waals surface area contributed by atoms with E-state index in [-0.39, 0.29) is 5.75 Å². The Balaban J connectivity index is 2.67. The van der Waals surface area contributed by atoms with Gasteiger partial charge in [0.05, 0.1) is 12.6 Å². The molecule has 1 aliphatic rings. The number of carbonyl (C=O) groups excluding carboxylic acids is 1. The Kier molecular flexibility index (Phi) is 5.79. The molecule has 0 spiro atoms. The lowest BCUT2D eigenvalue weighted by molar-refractivity contribution is -0.259. The minimum atomic E-state index is -1.37. The summed E-state index contributed by atoms with van der Waals surface area (Å²) in [5, 5.41) is 28.1. The average molecular weight is 282 g/mol. The highest BCUT2D eigenvalue weighted by Gasteiger charge is 2.44. The summed E-state index contributed by atoms with van der Waals surface area (Å²) in [6, 6.07) is -2.07. The molecule has 0 aliphatic carbocycles. The van der Waals surface area contributed by atoms with Gasteiger partial charge in [0, 0.05) is 5.75 Å². The Morgan fingerprint density at radius 2 is 2.06 bits per heavy atom. The van der Waals surface area contributed by atoms with Crippen molar-refractivity contribution in [1.82, 2.24) is 0 Å². The Labute approximate surface area is 109 Å². The molecule has 0 radical (unpaired) electrons. The molecule has 6 atom stereocenters. The monoisotopic (exact) mass is 282 g/mol. The molecule has 0 bridgehead atoms. The summed E-state index contributed by atoms with van der Waals surface area (Å²) < 4.78 is 9.95. The summed E-state index contributed by atoms with van der Waals surface area (Å²) >= 11 is 3.84. The molecule has 1 saturated heterocycles. The van der Waals surface area contributed by atoms with Gasteiger partial charge in [-0.1, -0.05) is 0 Å². The zero-order valence-corrected chi connectivity index (χ0v) is 10.4. The molecule has 0 saturated carbocycles. The van der Waals surface area contributed by atoms with Crippen molar-refractivity contribution in [2.24, 2.45) is 11.5 Å². The Morgan fingerprint density at radius 1 is 1.44 bits per heavy atom. The number of rotatable bonds is 4. The van der Waals surface area contributed by atoms with E-state index in [9.17, 15) is 15.0 Å². The van der Waals surface area contributed by atoms with Crippen molar-refractivity contribution in [2.45, 2.75) is 36.7 Å². The molecule has 9 heteroatoms. The molecule has 1 rings (SSSR count). The SMILES string of the molecule is N[C@H]1[C@@H](OC(=O)[C@@H](N)CS)O[C@H](CO)[C@@H](O)[C@@H]1O. The van der Waals surface area contributed by atoms with Gasteiger partial charge in [-0.2, -0.15) is 12.6 Å². The normalized spacial score (nSPS) is 38.2. The predicted molar refractivity (Wildman–Crippen MR) is 63.7 cm³/mol. The van der Waals surface area contributed by atoms with Gasteiger partial charge in [-0.3, -0.25) is 4.79 Å². The van der Waals surface area contributed by atoms with Crippen LogP contribution in [0.3, 0.4) is 0 Å². The zero-order valence-electron chi connectivity index (χ0n) is 9.55. The third-order valence-corrected chi connectivity index (χ3v) is 3.05. The minimum Gasteiger partial charge on any atom is -0.433 e. The maximum absolute atomic E-state index is 11.4. The van der Waals surface area contributed by atoms with E-state index in [1.54, 1.807) is 0 Å². The third kappa shape index (κ3) is 3.32. The van der Waals surface area contributed by atoms with Crippen molar-refractivity contribution in [3.63, 3.8) is 0 Å². The fourth-order valence-electron chi connectivity index (χ4n) is 1.49. The van der Waals surface area contributed by atoms with Crippen molar-refractivity contribution in [1.29, 1.82) is 0 Å². The lowest BCUT2D eigenvalue weighted by atomic mass is 9.98. The number of hydrogen-bond acceptors (Lipinski definition) is 9. The zero-order chi connectivity index (χ0) is 13.9. The molecule has 0 amide bonds. The van der Waals surface area contributed by atoms with E-state index in [1.165, 1.54) is 0 Å². The highest BCUT2D eigenvalue weighted by atomic mass is 32.1. The number of aliphatic hydroxyl groups is 3. The van der Waals surface area contributed by atoms with Crippen LogP contribution in [0.1, 0.15) is 0 Å². The van der Waals surface area contributed by atoms with Gasteiger partial charge in [-0.15, -0.1) is 0 Å². The fraction of sp³-hybridized carbons (Fsp3) is 0.889. The first-order chi connectivity index (χ1) is 8.42. The van der Waals surface area contributed by atoms with E-state index in [1.807, 2.05) is 0 Å². The lowest BCUT2D eigenvalue weighted by Crippen LogP contribution is -2.63. The van der Waals surface area contributed by atoms with Crippen molar-refractivity contribution >= 4 is 18.6 Å². The van der Waals surface area contributed by atoms with Gasteiger partial charge < -0.3 is 36.3 Å². The standard InChI is InChI=1S/C9H18N2O6S/c10-3(2-18)8(15)17-9-5(11)7(14)6(13)4(1-12)16-9/h3-7,9,12-14,18H,1-2,10-11H2/t3-,4+,5+,6+,7+,9+/m0/s1. The quantitative estimate of drug-likeness (QED) is 0.230. The molecular formula is C9H18N2O6S. The second-order valence-corrected chi connectivity index (χ2v) is 4.38. The number of ether oxygens (including phenoxy) is 2. The fourth-order valence-corrected chi connectivity index (χ4v) is 1.63. The Hall–Kier alpha value is -0.420. The van der Waals surface area contributed by atoms with Crippen LogP contribution in [0.4, 0.5) is 0 Å². The van der Waals surface area contributed by atoms with E-state index >= 15 is 0 Å². The van der Waals surface area contributed by atoms with Gasteiger partial charge in [0.15, 0.2) is 0 Å². The van der Waals surface area contributed by atoms with Gasteiger partial charge in [-0.05, 0) is 0 Å². The van der Waals surface area contributed by atoms with Gasteiger partial charge in [0.1, 0.15) is 24.4 Å². The topological polar surface area (TPSA) is 148 Å². The molecule has 106 valence electrons. The van der Waals surface area contributed by atoms with Crippen LogP contribution in [0.5, 0.6) is 0 Å². The van der Waals surface area contributed by atoms with E-state index in [4.69, 9.17) is 26.0 Å². The van der Waals surface area contributed by atoms with Crippen LogP contribution in [0.15, 0.2) is 0 Å². The van der Waals surface area contributed by atoms with Gasteiger partial charge in [-0.25, -0.2) is 0 Å². The summed E-state index contributed by atoms with van der Waals surface area (Å²) in [6.45, 7) is -0.544. The van der Waals surface area contributed by atoms with Crippen LogP contribution in [-0.2, 0) is 14.3 Å². The number of carbonyl (C=O) groups is 1. The van der Waals surface area contributed by atoms with Crippen molar-refractivity contribution in [2.75, 3.05) is 12.4 Å². The van der Waals surface area contributed by atoms with Crippen LogP contribution in [0.25, 0.3) is 0 Å². The van der Waals surface area contributed by atoms with E-state index in [0.29, 0.717) is 0 Å². The highest BCUT2D eigenvalue weighted by Crippen LogP contribution is 2.20. The molecule has 0 unspecified atom stereocenters. The minimum absolute atomic E-state index is 0.0788. The molecule has 7 N–H and O–H groups in total. The first-order valence-electron chi connectivity index (χ1n) is 5.37. The van der Waals surface area contributed by atoms with Crippen molar-refractivity contribution < 1.29 is 29.6 Å². The summed E-state index contributed by atoms with van der Waals surface area (Å²) in [5.41, 5.74) is 11.0. The molecular weight excluding hydrogens is 264 g/mol. The van der Waals surface area contributed by atoms with E-state index < -0.39 is 49.3 Å². The number of esters is 1. The van der Waals surface area contributed by atoms with Gasteiger partial charge >= 0.3 is 5.97 Å². The van der Waals surface area contributed by atoms with Crippen LogP contribution in [0.2, 0.25) is 0 Å². The summed E-state index contributed by atoms with van der Waals surface area (Å²) in [7, 11) is 0. The van der Waals surface area contributed by atoms with Gasteiger partial charge in [0.2, 0.25) is 6.29 Å². The second-order valence-electron chi connectivity index (χ2n) is 4.01. The van der Waals surface area contributed by atoms with Crippen LogP contribution >= 0.6 is 12.6 Å². The Bertz CT molecular complexity index is 292. The molecule has 0 aromatic rings. The number of aliphatic hydroxyl groups excluding tert-OH is 3. The van der Waals surface area contributed by atoms with E-state index in [2.05, 4.69) is 12.6 Å². The third-order valence-electron chi connectivity index (χ3n) is 2.66. The highest BCUT2D eigenvalue weighted by molar-refractivity contribution is 7.80. The van der Waals surface area contributed by atoms with Crippen LogP contribution < -0.4 is 11.5 Å². The smallest absolute Gasteiger partial charge is 0.326 e. The summed E-state index contributed by atoms with van der Waals surface area (Å²) in [4.78, 5) is 11.4. The average Bonchev–Trinajstić information content (AvgIpc) is 2.38. The maximum atomic E-state index is 11.4. The number of hydrogen-bond donors (Lipinski definition) is 6. The van der Waals surface area contributed by atoms with Gasteiger partial charge in [0.25, 0.3) is 0 Å². The molecule has 18 heavy (non-hydrogen) atoms. The molecule has 1 fully saturated rings. The molecule has 1 aliphatic heterocycles. The van der Waals surface area contributed by atoms with Crippen LogP contribution in [0, 0.1) is 0 Å². The predicted octanol–water partition coefficient (Wildman–Crippen LogP) is -3.45. The first-order valence-corrected chi connectivity index (χ1v) is 6.00. The largest absolute Gasteiger partial charge is 0.433 e. The molecule has 1 heterocycles. The lowest BCUT2D eigenvalue weighted by Gasteiger charge is -2.40. The molecule has 0 aromatic heterocycles. The molecule has 0 aromatic carbocycles. The Morgan fingerprint density at radius 3 is 2.56 bits per heavy atom. The number of nitrogens with two attached hydrogens (primary N) is 2. The molecule has 8 nitrogen and oxygen atoms in total. The van der Waals surface area contributed by atoms with Crippen LogP contribution in [-0.4, -0.2) is 70.3 Å².